The number of carbonyl (C=O) groups excluding carboxylic acids is 1. The number of hydrogen-bond acceptors (Lipinski definition) is 11. The van der Waals surface area contributed by atoms with Crippen LogP contribution in [0.25, 0.3) is 21.5 Å². The minimum absolute atomic E-state index is 0.0984. The molecule has 1 fully saturated rings. The quantitative estimate of drug-likeness (QED) is 0.240. The van der Waals surface area contributed by atoms with Gasteiger partial charge in [0.15, 0.2) is 10.9 Å². The minimum atomic E-state index is -1.51. The summed E-state index contributed by atoms with van der Waals surface area (Å²) < 4.78 is 27.8. The van der Waals surface area contributed by atoms with Gasteiger partial charge in [0, 0.05) is 16.7 Å². The number of aliphatic hydroxyl groups is 1. The lowest BCUT2D eigenvalue weighted by molar-refractivity contribution is 0.00945. The van der Waals surface area contributed by atoms with Gasteiger partial charge in [-0.2, -0.15) is 0 Å². The van der Waals surface area contributed by atoms with E-state index in [9.17, 15) is 14.3 Å². The molecule has 5 aromatic rings. The number of carbonyl (C=O) groups is 1. The molecule has 2 aliphatic rings. The van der Waals surface area contributed by atoms with Crippen molar-refractivity contribution in [2.45, 2.75) is 30.9 Å². The Kier molecular flexibility index (Phi) is 6.29. The van der Waals surface area contributed by atoms with Crippen molar-refractivity contribution < 1.29 is 23.8 Å². The molecule has 0 radical (unpaired) electrons. The van der Waals surface area contributed by atoms with Gasteiger partial charge in [-0.1, -0.05) is 11.3 Å². The number of ether oxygens (including phenoxy) is 2. The number of tetrazole rings is 1. The topological polar surface area (TPSA) is 163 Å². The van der Waals surface area contributed by atoms with E-state index in [0.29, 0.717) is 54.9 Å². The number of amides is 1. The second-order valence-corrected chi connectivity index (χ2v) is 12.1. The second-order valence-electron chi connectivity index (χ2n) is 11.0. The molecule has 1 aliphatic carbocycles. The molecule has 2 atom stereocenters. The number of nitrogens with zero attached hydrogens (tertiary/aromatic N) is 6. The van der Waals surface area contributed by atoms with Crippen LogP contribution in [-0.2, 0) is 11.1 Å². The van der Waals surface area contributed by atoms with Crippen molar-refractivity contribution in [1.82, 2.24) is 35.5 Å². The number of hydrogen-bond donors (Lipinski definition) is 3. The number of benzene rings is 2. The normalized spacial score (nSPS) is 19.1. The first-order valence-electron chi connectivity index (χ1n) is 13.6. The molecule has 0 spiro atoms. The van der Waals surface area contributed by atoms with E-state index in [1.165, 1.54) is 36.9 Å². The number of nitrogen functional groups attached to an aromatic ring is 1. The van der Waals surface area contributed by atoms with Gasteiger partial charge in [-0.25, -0.2) is 19.0 Å². The monoisotopic (exact) mass is 602 g/mol. The van der Waals surface area contributed by atoms with Crippen molar-refractivity contribution in [1.29, 1.82) is 0 Å². The molecule has 4 heterocycles. The van der Waals surface area contributed by atoms with Crippen LogP contribution in [0.2, 0.25) is 0 Å². The summed E-state index contributed by atoms with van der Waals surface area (Å²) in [6.45, 7) is 2.05. The number of halogens is 1. The van der Waals surface area contributed by atoms with Crippen molar-refractivity contribution in [3.63, 3.8) is 0 Å². The highest BCUT2D eigenvalue weighted by Crippen LogP contribution is 2.50. The molecule has 7 rings (SSSR count). The predicted octanol–water partition coefficient (Wildman–Crippen LogP) is 3.26. The van der Waals surface area contributed by atoms with E-state index in [-0.39, 0.29) is 24.9 Å². The third kappa shape index (κ3) is 4.53. The summed E-state index contributed by atoms with van der Waals surface area (Å²) in [6.07, 6.45) is 3.03. The van der Waals surface area contributed by atoms with E-state index in [0.717, 1.165) is 12.8 Å². The predicted molar refractivity (Wildman–Crippen MR) is 155 cm³/mol. The summed E-state index contributed by atoms with van der Waals surface area (Å²) in [4.78, 5) is 22.6. The Bertz CT molecular complexity index is 1860. The van der Waals surface area contributed by atoms with Crippen molar-refractivity contribution in [2.75, 3.05) is 26.0 Å². The Labute approximate surface area is 248 Å². The van der Waals surface area contributed by atoms with Crippen molar-refractivity contribution >= 4 is 32.6 Å². The molecule has 220 valence electrons. The van der Waals surface area contributed by atoms with E-state index in [1.54, 1.807) is 35.0 Å². The van der Waals surface area contributed by atoms with Crippen LogP contribution in [0.3, 0.4) is 0 Å². The van der Waals surface area contributed by atoms with Gasteiger partial charge in [0.1, 0.15) is 46.9 Å². The van der Waals surface area contributed by atoms with Crippen LogP contribution in [0, 0.1) is 11.7 Å². The molecule has 0 saturated heterocycles. The van der Waals surface area contributed by atoms with E-state index < -0.39 is 17.0 Å². The van der Waals surface area contributed by atoms with Gasteiger partial charge in [-0.3, -0.25) is 4.79 Å². The molecular formula is C29H27FN8O4S. The molecule has 2 aromatic carbocycles. The molecule has 4 N–H and O–H groups in total. The summed E-state index contributed by atoms with van der Waals surface area (Å²) in [5.41, 5.74) is 6.65. The molecule has 14 heteroatoms. The fourth-order valence-corrected chi connectivity index (χ4v) is 6.39. The largest absolute Gasteiger partial charge is 0.494 e. The fourth-order valence-electron chi connectivity index (χ4n) is 5.60. The van der Waals surface area contributed by atoms with Crippen LogP contribution in [0.15, 0.2) is 48.8 Å². The Hall–Kier alpha value is -4.69. The number of nitrogens with one attached hydrogen (secondary N) is 1. The van der Waals surface area contributed by atoms with Crippen molar-refractivity contribution in [3.8, 4) is 22.8 Å². The Morgan fingerprint density at radius 2 is 2.07 bits per heavy atom. The molecule has 1 unspecified atom stereocenters. The molecule has 1 amide bonds. The zero-order chi connectivity index (χ0) is 29.9. The first-order chi connectivity index (χ1) is 20.7. The lowest BCUT2D eigenvalue weighted by Crippen LogP contribution is -2.43. The number of methoxy groups -OCH3 is 1. The molecule has 0 bridgehead atoms. The number of thiazole rings is 1. The molecule has 12 nitrogen and oxygen atoms in total. The summed E-state index contributed by atoms with van der Waals surface area (Å²) in [6, 6.07) is 11.0. The first-order valence-corrected chi connectivity index (χ1v) is 14.4. The Morgan fingerprint density at radius 3 is 2.77 bits per heavy atom. The Balaban J connectivity index is 1.29. The number of fused-ring (bicyclic) bond motifs is 2. The molecule has 3 aromatic heterocycles. The van der Waals surface area contributed by atoms with E-state index in [4.69, 9.17) is 20.2 Å². The van der Waals surface area contributed by atoms with Gasteiger partial charge in [0.25, 0.3) is 5.91 Å². The second kappa shape index (κ2) is 9.95. The maximum atomic E-state index is 13.8. The summed E-state index contributed by atoms with van der Waals surface area (Å²) >= 11 is 1.25. The van der Waals surface area contributed by atoms with E-state index in [2.05, 4.69) is 25.8 Å². The van der Waals surface area contributed by atoms with Gasteiger partial charge < -0.3 is 25.6 Å². The number of anilines is 1. The first kappa shape index (κ1) is 27.2. The SMILES string of the molecule is COc1cc(C(=O)NCC(O)(c2cc3c(c(-c4ccc(F)cc4)n2)OC[C@]3(C)n2cnnn2)C2CC2)cc2sc(N)nc12. The van der Waals surface area contributed by atoms with Gasteiger partial charge in [0.05, 0.1) is 24.0 Å². The lowest BCUT2D eigenvalue weighted by Gasteiger charge is -2.30. The maximum absolute atomic E-state index is 13.8. The van der Waals surface area contributed by atoms with Crippen molar-refractivity contribution in [2.24, 2.45) is 5.92 Å². The standard InChI is InChI=1S/C29H27FN8O4S/c1-28(38-14-33-36-37-38)13-42-25-19(28)11-22(34-23(25)15-3-7-18(30)8-4-15)29(40,17-5-6-17)12-32-26(39)16-9-20(41-2)24-21(10-16)43-27(31)35-24/h3-4,7-11,14,17,40H,5-6,12-13H2,1-2H3,(H2,31,35)(H,32,39)/t28-,29?/m0/s1. The van der Waals surface area contributed by atoms with Crippen molar-refractivity contribution in [3.05, 3.63) is 71.4 Å². The van der Waals surface area contributed by atoms with E-state index >= 15 is 0 Å². The Morgan fingerprint density at radius 1 is 1.28 bits per heavy atom. The van der Waals surface area contributed by atoms with Gasteiger partial charge >= 0.3 is 0 Å². The summed E-state index contributed by atoms with van der Waals surface area (Å²) in [7, 11) is 1.50. The third-order valence-electron chi connectivity index (χ3n) is 8.20. The number of pyridine rings is 1. The molecular weight excluding hydrogens is 575 g/mol. The zero-order valence-corrected chi connectivity index (χ0v) is 24.1. The average molecular weight is 603 g/mol. The van der Waals surface area contributed by atoms with Crippen LogP contribution in [0.1, 0.15) is 41.4 Å². The highest BCUT2D eigenvalue weighted by atomic mass is 32.1. The highest BCUT2D eigenvalue weighted by Gasteiger charge is 2.49. The number of nitrogens with two attached hydrogens (primary N) is 1. The van der Waals surface area contributed by atoms with Crippen LogP contribution in [-0.4, -0.2) is 61.5 Å². The summed E-state index contributed by atoms with van der Waals surface area (Å²) in [5, 5.41) is 27.3. The van der Waals surface area contributed by atoms with Gasteiger partial charge in [-0.15, -0.1) is 5.10 Å². The highest BCUT2D eigenvalue weighted by molar-refractivity contribution is 7.22. The average Bonchev–Trinajstić information content (AvgIpc) is 3.41. The zero-order valence-electron chi connectivity index (χ0n) is 23.2. The molecule has 1 saturated carbocycles. The number of rotatable bonds is 8. The fraction of sp³-hybridized carbons (Fsp3) is 0.310. The molecule has 43 heavy (non-hydrogen) atoms. The van der Waals surface area contributed by atoms with Gasteiger partial charge in [0.2, 0.25) is 0 Å². The lowest BCUT2D eigenvalue weighted by atomic mass is 9.87. The molecule has 1 aliphatic heterocycles. The minimum Gasteiger partial charge on any atom is -0.494 e. The van der Waals surface area contributed by atoms with Crippen LogP contribution < -0.4 is 20.5 Å². The maximum Gasteiger partial charge on any atom is 0.251 e. The van der Waals surface area contributed by atoms with Crippen LogP contribution in [0.5, 0.6) is 11.5 Å². The third-order valence-corrected chi connectivity index (χ3v) is 9.03. The number of aromatic nitrogens is 6. The van der Waals surface area contributed by atoms with Crippen LogP contribution >= 0.6 is 11.3 Å². The smallest absolute Gasteiger partial charge is 0.251 e. The van der Waals surface area contributed by atoms with Crippen LogP contribution in [0.4, 0.5) is 9.52 Å². The van der Waals surface area contributed by atoms with E-state index in [1.807, 2.05) is 6.92 Å². The van der Waals surface area contributed by atoms with Gasteiger partial charge in [-0.05, 0) is 78.6 Å². The summed E-state index contributed by atoms with van der Waals surface area (Å²) in [5.74, 6) is 0.00957.